The number of nitrogens with zero attached hydrogens (tertiary/aromatic N) is 4. The molecule has 1 aromatic rings. The Morgan fingerprint density at radius 3 is 1.50 bits per heavy atom. The first-order chi connectivity index (χ1) is 10.9. The van der Waals surface area contributed by atoms with Crippen molar-refractivity contribution >= 4 is 0 Å². The normalized spacial score (nSPS) is 11.1. The van der Waals surface area contributed by atoms with Gasteiger partial charge in [0, 0.05) is 6.54 Å². The van der Waals surface area contributed by atoms with E-state index in [0.717, 1.165) is 13.0 Å². The van der Waals surface area contributed by atoms with Crippen LogP contribution in [-0.2, 0) is 6.54 Å². The van der Waals surface area contributed by atoms with Gasteiger partial charge in [-0.25, -0.2) is 4.68 Å². The molecule has 22 heavy (non-hydrogen) atoms. The van der Waals surface area contributed by atoms with Crippen molar-refractivity contribution in [1.82, 2.24) is 20.2 Å². The number of tetrazole rings is 1. The van der Waals surface area contributed by atoms with E-state index in [0.29, 0.717) is 0 Å². The molecule has 0 fully saturated rings. The van der Waals surface area contributed by atoms with Gasteiger partial charge < -0.3 is 0 Å². The summed E-state index contributed by atoms with van der Waals surface area (Å²) >= 11 is 0. The van der Waals surface area contributed by atoms with Gasteiger partial charge in [-0.05, 0) is 16.8 Å². The van der Waals surface area contributed by atoms with Crippen molar-refractivity contribution in [3.05, 3.63) is 13.3 Å². The lowest BCUT2D eigenvalue weighted by molar-refractivity contribution is 0.504. The zero-order valence-corrected chi connectivity index (χ0v) is 14.4. The van der Waals surface area contributed by atoms with Gasteiger partial charge in [0.1, 0.15) is 6.33 Å². The summed E-state index contributed by atoms with van der Waals surface area (Å²) in [5, 5.41) is 11.2. The quantitative estimate of drug-likeness (QED) is 0.386. The van der Waals surface area contributed by atoms with Crippen LogP contribution in [0.15, 0.2) is 6.33 Å². The van der Waals surface area contributed by atoms with Crippen LogP contribution >= 0.6 is 0 Å². The second kappa shape index (κ2) is 15.0. The fourth-order valence-corrected chi connectivity index (χ4v) is 2.85. The number of unbranched alkanes of at least 4 members (excludes halogenated alkanes) is 14. The molecule has 0 N–H and O–H groups in total. The molecule has 0 saturated heterocycles. The third-order valence-electron chi connectivity index (χ3n) is 4.28. The summed E-state index contributed by atoms with van der Waals surface area (Å²) in [7, 11) is 0. The highest BCUT2D eigenvalue weighted by molar-refractivity contribution is 4.51. The van der Waals surface area contributed by atoms with E-state index in [9.17, 15) is 0 Å². The lowest BCUT2D eigenvalue weighted by Crippen LogP contribution is -1.98. The van der Waals surface area contributed by atoms with E-state index < -0.39 is 0 Å². The van der Waals surface area contributed by atoms with E-state index >= 15 is 0 Å². The molecule has 4 heteroatoms. The molecular formula is C18H35N4. The van der Waals surface area contributed by atoms with Gasteiger partial charge in [0.15, 0.2) is 0 Å². The van der Waals surface area contributed by atoms with Crippen LogP contribution in [0.2, 0.25) is 0 Å². The van der Waals surface area contributed by atoms with E-state index in [-0.39, 0.29) is 0 Å². The number of hydrogen-bond donors (Lipinski definition) is 0. The molecule has 0 atom stereocenters. The van der Waals surface area contributed by atoms with Crippen molar-refractivity contribution in [2.24, 2.45) is 0 Å². The average Bonchev–Trinajstić information content (AvgIpc) is 3.04. The fraction of sp³-hybridized carbons (Fsp3) is 0.889. The zero-order chi connectivity index (χ0) is 15.7. The highest BCUT2D eigenvalue weighted by atomic mass is 15.5. The zero-order valence-electron chi connectivity index (χ0n) is 14.4. The first kappa shape index (κ1) is 19.1. The Bertz CT molecular complexity index is 311. The maximum atomic E-state index is 3.89. The van der Waals surface area contributed by atoms with Gasteiger partial charge in [-0.2, -0.15) is 0 Å². The Kier molecular flexibility index (Phi) is 13.0. The van der Waals surface area contributed by atoms with Crippen LogP contribution in [0.5, 0.6) is 0 Å². The van der Waals surface area contributed by atoms with Crippen LogP contribution in [0, 0.1) is 6.92 Å². The van der Waals surface area contributed by atoms with Gasteiger partial charge in [-0.3, -0.25) is 0 Å². The molecule has 0 aliphatic carbocycles. The molecule has 0 saturated carbocycles. The van der Waals surface area contributed by atoms with Crippen molar-refractivity contribution in [3.63, 3.8) is 0 Å². The Hall–Kier alpha value is -0.930. The third kappa shape index (κ3) is 11.7. The van der Waals surface area contributed by atoms with E-state index in [1.54, 1.807) is 6.33 Å². The van der Waals surface area contributed by atoms with E-state index in [2.05, 4.69) is 22.4 Å². The van der Waals surface area contributed by atoms with Crippen molar-refractivity contribution < 1.29 is 0 Å². The lowest BCUT2D eigenvalue weighted by Gasteiger charge is -2.03. The fourth-order valence-electron chi connectivity index (χ4n) is 2.85. The Balaban J connectivity index is 1.68. The average molecular weight is 308 g/mol. The molecule has 0 aliphatic heterocycles. The van der Waals surface area contributed by atoms with Crippen molar-refractivity contribution in [2.75, 3.05) is 0 Å². The van der Waals surface area contributed by atoms with Gasteiger partial charge in [0.2, 0.25) is 0 Å². The summed E-state index contributed by atoms with van der Waals surface area (Å²) in [6, 6.07) is 0. The van der Waals surface area contributed by atoms with Gasteiger partial charge in [0.05, 0.1) is 0 Å². The molecule has 0 spiro atoms. The van der Waals surface area contributed by atoms with E-state index in [4.69, 9.17) is 0 Å². The Morgan fingerprint density at radius 1 is 0.636 bits per heavy atom. The van der Waals surface area contributed by atoms with Crippen LogP contribution in [0.1, 0.15) is 96.3 Å². The van der Waals surface area contributed by atoms with Gasteiger partial charge >= 0.3 is 0 Å². The predicted molar refractivity (Wildman–Crippen MR) is 92.4 cm³/mol. The molecule has 1 aromatic heterocycles. The molecule has 127 valence electrons. The standard InChI is InChI=1S/C18H35N4/c1-2-3-4-5-6-7-8-9-10-11-12-13-14-15-16-17-22-18-19-20-21-22/h18H,1-17H2. The van der Waals surface area contributed by atoms with Gasteiger partial charge in [-0.15, -0.1) is 5.10 Å². The summed E-state index contributed by atoms with van der Waals surface area (Å²) in [4.78, 5) is 0. The number of rotatable bonds is 16. The minimum atomic E-state index is 0.960. The van der Waals surface area contributed by atoms with Crippen molar-refractivity contribution in [3.8, 4) is 0 Å². The molecule has 0 unspecified atom stereocenters. The first-order valence-corrected chi connectivity index (χ1v) is 9.43. The van der Waals surface area contributed by atoms with Crippen molar-refractivity contribution in [1.29, 1.82) is 0 Å². The largest absolute Gasteiger partial charge is 0.233 e. The molecule has 4 nitrogen and oxygen atoms in total. The van der Waals surface area contributed by atoms with Crippen molar-refractivity contribution in [2.45, 2.75) is 103 Å². The molecule has 1 heterocycles. The van der Waals surface area contributed by atoms with E-state index in [1.165, 1.54) is 89.9 Å². The smallest absolute Gasteiger partial charge is 0.138 e. The number of aryl methyl sites for hydroxylation is 1. The molecule has 1 radical (unpaired) electrons. The maximum absolute atomic E-state index is 3.89. The van der Waals surface area contributed by atoms with Gasteiger partial charge in [0.25, 0.3) is 0 Å². The summed E-state index contributed by atoms with van der Waals surface area (Å²) in [5.41, 5.74) is 0. The highest BCUT2D eigenvalue weighted by Gasteiger charge is 1.95. The van der Waals surface area contributed by atoms with Crippen LogP contribution in [0.3, 0.4) is 0 Å². The number of hydrogen-bond acceptors (Lipinski definition) is 3. The monoisotopic (exact) mass is 307 g/mol. The Morgan fingerprint density at radius 2 is 1.09 bits per heavy atom. The van der Waals surface area contributed by atoms with Crippen LogP contribution < -0.4 is 0 Å². The summed E-state index contributed by atoms with van der Waals surface area (Å²) in [5.74, 6) is 0. The Labute approximate surface area is 137 Å². The molecule has 0 amide bonds. The summed E-state index contributed by atoms with van der Waals surface area (Å²) in [6.07, 6.45) is 22.2. The topological polar surface area (TPSA) is 43.6 Å². The minimum Gasteiger partial charge on any atom is -0.233 e. The lowest BCUT2D eigenvalue weighted by atomic mass is 10.0. The van der Waals surface area contributed by atoms with Crippen LogP contribution in [0.25, 0.3) is 0 Å². The SMILES string of the molecule is [CH2]CCCCCCCCCCCCCCCCn1cnnn1. The second-order valence-electron chi connectivity index (χ2n) is 6.38. The van der Waals surface area contributed by atoms with Gasteiger partial charge in [-0.1, -0.05) is 96.8 Å². The maximum Gasteiger partial charge on any atom is 0.138 e. The first-order valence-electron chi connectivity index (χ1n) is 9.43. The number of aromatic nitrogens is 4. The van der Waals surface area contributed by atoms with E-state index in [1.807, 2.05) is 4.68 Å². The molecule has 0 aromatic carbocycles. The predicted octanol–water partition coefficient (Wildman–Crippen LogP) is 5.36. The molecule has 1 rings (SSSR count). The second-order valence-corrected chi connectivity index (χ2v) is 6.38. The molecular weight excluding hydrogens is 272 g/mol. The summed E-state index contributed by atoms with van der Waals surface area (Å²) < 4.78 is 1.82. The minimum absolute atomic E-state index is 0.960. The summed E-state index contributed by atoms with van der Waals surface area (Å²) in [6.45, 7) is 4.85. The highest BCUT2D eigenvalue weighted by Crippen LogP contribution is 2.13. The van der Waals surface area contributed by atoms with Crippen LogP contribution in [-0.4, -0.2) is 20.2 Å². The molecule has 0 aliphatic rings. The third-order valence-corrected chi connectivity index (χ3v) is 4.28. The molecule has 0 bridgehead atoms. The van der Waals surface area contributed by atoms with Crippen LogP contribution in [0.4, 0.5) is 0 Å².